The first-order chi connectivity index (χ1) is 15.2. The number of carbonyl (C=O) groups is 3. The lowest BCUT2D eigenvalue weighted by molar-refractivity contribution is -0.113. The Morgan fingerprint density at radius 2 is 2.00 bits per heavy atom. The second-order valence-electron chi connectivity index (χ2n) is 6.92. The molecule has 1 amide bonds. The van der Waals surface area contributed by atoms with Gasteiger partial charge in [-0.15, -0.1) is 21.5 Å². The molecule has 3 rings (SSSR count). The third-order valence-corrected chi connectivity index (χ3v) is 6.72. The number of hydrogen-bond acceptors (Lipinski definition) is 9. The lowest BCUT2D eigenvalue weighted by atomic mass is 10.1. The van der Waals surface area contributed by atoms with Crippen molar-refractivity contribution in [1.29, 1.82) is 0 Å². The Hall–Kier alpha value is -3.18. The predicted octanol–water partition coefficient (Wildman–Crippen LogP) is 3.45. The number of carbonyl (C=O) groups excluding carboxylic acids is 3. The first-order valence-electron chi connectivity index (χ1n) is 9.74. The largest absolute Gasteiger partial charge is 0.462 e. The minimum absolute atomic E-state index is 0.0161. The van der Waals surface area contributed by atoms with E-state index in [1.807, 2.05) is 31.2 Å². The number of benzene rings is 1. The quantitative estimate of drug-likeness (QED) is 0.220. The van der Waals surface area contributed by atoms with Crippen molar-refractivity contribution in [3.63, 3.8) is 0 Å². The molecule has 32 heavy (non-hydrogen) atoms. The van der Waals surface area contributed by atoms with Crippen molar-refractivity contribution >= 4 is 45.8 Å². The van der Waals surface area contributed by atoms with Crippen LogP contribution in [0.15, 0.2) is 29.4 Å². The molecule has 3 aromatic rings. The Bertz CT molecular complexity index is 1190. The minimum Gasteiger partial charge on any atom is -0.462 e. The number of rotatable bonds is 8. The molecule has 3 N–H and O–H groups in total. The molecule has 0 unspecified atom stereocenters. The van der Waals surface area contributed by atoms with Gasteiger partial charge in [-0.05, 0) is 39.3 Å². The molecule has 0 fully saturated rings. The number of hydrogen-bond donors (Lipinski definition) is 2. The van der Waals surface area contributed by atoms with Crippen molar-refractivity contribution < 1.29 is 19.1 Å². The van der Waals surface area contributed by atoms with Crippen LogP contribution >= 0.6 is 23.1 Å². The molecule has 0 radical (unpaired) electrons. The summed E-state index contributed by atoms with van der Waals surface area (Å²) < 4.78 is 6.42. The monoisotopic (exact) mass is 473 g/mol. The van der Waals surface area contributed by atoms with E-state index in [0.29, 0.717) is 21.4 Å². The molecule has 0 aliphatic heterocycles. The zero-order valence-electron chi connectivity index (χ0n) is 18.1. The standard InChI is InChI=1S/C21H23N5O4S2/c1-5-30-20(29)16-12(3)17(13(4)27)32-19(16)23-15(28)10-31-21-25-24-18(26(21)22)14-8-6-7-11(2)9-14/h6-9H,5,10,22H2,1-4H3,(H,23,28). The summed E-state index contributed by atoms with van der Waals surface area (Å²) in [7, 11) is 0. The summed E-state index contributed by atoms with van der Waals surface area (Å²) in [6.45, 7) is 6.91. The average molecular weight is 474 g/mol. The van der Waals surface area contributed by atoms with Crippen LogP contribution in [0.5, 0.6) is 0 Å². The van der Waals surface area contributed by atoms with E-state index in [1.165, 1.54) is 11.6 Å². The number of nitrogens with one attached hydrogen (secondary N) is 1. The van der Waals surface area contributed by atoms with Crippen LogP contribution in [0, 0.1) is 13.8 Å². The third-order valence-electron chi connectivity index (χ3n) is 4.47. The maximum atomic E-state index is 12.6. The summed E-state index contributed by atoms with van der Waals surface area (Å²) in [4.78, 5) is 37.2. The number of nitrogens with zero attached hydrogens (tertiary/aromatic N) is 3. The van der Waals surface area contributed by atoms with Crippen LogP contribution in [-0.4, -0.2) is 44.9 Å². The second kappa shape index (κ2) is 9.96. The van der Waals surface area contributed by atoms with Gasteiger partial charge in [-0.3, -0.25) is 9.59 Å². The number of esters is 1. The number of Topliss-reactive ketones (excluding diaryl/α,β-unsaturated/α-hetero) is 1. The van der Waals surface area contributed by atoms with E-state index in [0.717, 1.165) is 34.2 Å². The number of anilines is 1. The minimum atomic E-state index is -0.582. The van der Waals surface area contributed by atoms with E-state index in [9.17, 15) is 14.4 Å². The van der Waals surface area contributed by atoms with Gasteiger partial charge in [0, 0.05) is 5.56 Å². The maximum Gasteiger partial charge on any atom is 0.341 e. The average Bonchev–Trinajstić information content (AvgIpc) is 3.26. The SMILES string of the molecule is CCOC(=O)c1c(NC(=O)CSc2nnc(-c3cccc(C)c3)n2N)sc(C(C)=O)c1C. The Kier molecular flexibility index (Phi) is 7.31. The molecule has 2 aromatic heterocycles. The summed E-state index contributed by atoms with van der Waals surface area (Å²) in [6.07, 6.45) is 0. The van der Waals surface area contributed by atoms with Crippen LogP contribution in [0.4, 0.5) is 5.00 Å². The number of ketones is 1. The Balaban J connectivity index is 1.74. The molecule has 0 saturated heterocycles. The molecule has 1 aromatic carbocycles. The lowest BCUT2D eigenvalue weighted by Crippen LogP contribution is -2.18. The van der Waals surface area contributed by atoms with Gasteiger partial charge >= 0.3 is 5.97 Å². The van der Waals surface area contributed by atoms with Crippen molar-refractivity contribution in [3.05, 3.63) is 45.8 Å². The summed E-state index contributed by atoms with van der Waals surface area (Å²) >= 11 is 2.16. The molecule has 0 aliphatic carbocycles. The molecule has 0 atom stereocenters. The Morgan fingerprint density at radius 1 is 1.25 bits per heavy atom. The molecular weight excluding hydrogens is 450 g/mol. The van der Waals surface area contributed by atoms with Crippen LogP contribution in [0.25, 0.3) is 11.4 Å². The van der Waals surface area contributed by atoms with E-state index in [2.05, 4.69) is 15.5 Å². The van der Waals surface area contributed by atoms with Gasteiger partial charge in [0.05, 0.1) is 22.8 Å². The summed E-state index contributed by atoms with van der Waals surface area (Å²) in [5, 5.41) is 11.5. The molecule has 0 saturated carbocycles. The number of nitrogen functional groups attached to an aromatic ring is 1. The number of thioether (sulfide) groups is 1. The van der Waals surface area contributed by atoms with Gasteiger partial charge in [-0.1, -0.05) is 35.5 Å². The normalized spacial score (nSPS) is 10.8. The van der Waals surface area contributed by atoms with E-state index in [1.54, 1.807) is 13.8 Å². The summed E-state index contributed by atoms with van der Waals surface area (Å²) in [6, 6.07) is 7.69. The van der Waals surface area contributed by atoms with Crippen molar-refractivity contribution in [2.75, 3.05) is 23.5 Å². The van der Waals surface area contributed by atoms with E-state index in [4.69, 9.17) is 10.6 Å². The number of nitrogens with two attached hydrogens (primary N) is 1. The van der Waals surface area contributed by atoms with Crippen LogP contribution in [0.3, 0.4) is 0 Å². The molecule has 2 heterocycles. The first kappa shape index (κ1) is 23.5. The topological polar surface area (TPSA) is 129 Å². The second-order valence-corrected chi connectivity index (χ2v) is 8.88. The van der Waals surface area contributed by atoms with Crippen LogP contribution in [-0.2, 0) is 9.53 Å². The Labute approximate surface area is 193 Å². The highest BCUT2D eigenvalue weighted by Gasteiger charge is 2.25. The highest BCUT2D eigenvalue weighted by atomic mass is 32.2. The number of ether oxygens (including phenoxy) is 1. The van der Waals surface area contributed by atoms with E-state index in [-0.39, 0.29) is 34.6 Å². The number of aryl methyl sites for hydroxylation is 1. The van der Waals surface area contributed by atoms with Gasteiger partial charge in [0.1, 0.15) is 5.00 Å². The zero-order chi connectivity index (χ0) is 23.4. The molecule has 0 spiro atoms. The van der Waals surface area contributed by atoms with Gasteiger partial charge in [0.15, 0.2) is 11.6 Å². The predicted molar refractivity (Wildman–Crippen MR) is 125 cm³/mol. The van der Waals surface area contributed by atoms with Crippen molar-refractivity contribution in [1.82, 2.24) is 14.9 Å². The van der Waals surface area contributed by atoms with Crippen molar-refractivity contribution in [3.8, 4) is 11.4 Å². The number of aromatic nitrogens is 3. The fourth-order valence-corrected chi connectivity index (χ4v) is 4.80. The summed E-state index contributed by atoms with van der Waals surface area (Å²) in [5.74, 6) is 5.44. The third kappa shape index (κ3) is 5.00. The number of thiophene rings is 1. The Morgan fingerprint density at radius 3 is 2.66 bits per heavy atom. The van der Waals surface area contributed by atoms with Gasteiger partial charge < -0.3 is 15.9 Å². The maximum absolute atomic E-state index is 12.6. The number of amides is 1. The van der Waals surface area contributed by atoms with Gasteiger partial charge in [-0.2, -0.15) is 0 Å². The van der Waals surface area contributed by atoms with Gasteiger partial charge in [0.2, 0.25) is 11.1 Å². The zero-order valence-corrected chi connectivity index (χ0v) is 19.7. The van der Waals surface area contributed by atoms with Crippen LogP contribution in [0.1, 0.15) is 45.0 Å². The smallest absolute Gasteiger partial charge is 0.341 e. The van der Waals surface area contributed by atoms with Crippen LogP contribution < -0.4 is 11.2 Å². The molecule has 0 aliphatic rings. The van der Waals surface area contributed by atoms with E-state index >= 15 is 0 Å². The van der Waals surface area contributed by atoms with Crippen LogP contribution in [0.2, 0.25) is 0 Å². The molecule has 0 bridgehead atoms. The highest BCUT2D eigenvalue weighted by molar-refractivity contribution is 7.99. The van der Waals surface area contributed by atoms with Crippen molar-refractivity contribution in [2.24, 2.45) is 0 Å². The molecule has 168 valence electrons. The van der Waals surface area contributed by atoms with E-state index < -0.39 is 5.97 Å². The lowest BCUT2D eigenvalue weighted by Gasteiger charge is -2.07. The fraction of sp³-hybridized carbons (Fsp3) is 0.286. The highest BCUT2D eigenvalue weighted by Crippen LogP contribution is 2.34. The summed E-state index contributed by atoms with van der Waals surface area (Å²) in [5.41, 5.74) is 2.58. The fourth-order valence-electron chi connectivity index (χ4n) is 3.04. The van der Waals surface area contributed by atoms with Gasteiger partial charge in [0.25, 0.3) is 0 Å². The molecular formula is C21H23N5O4S2. The molecule has 11 heteroatoms. The van der Waals surface area contributed by atoms with Crippen molar-refractivity contribution in [2.45, 2.75) is 32.9 Å². The van der Waals surface area contributed by atoms with Gasteiger partial charge in [-0.25, -0.2) is 9.47 Å². The first-order valence-corrected chi connectivity index (χ1v) is 11.5. The molecule has 9 nitrogen and oxygen atoms in total.